The van der Waals surface area contributed by atoms with Crippen LogP contribution in [0.25, 0.3) is 0 Å². The van der Waals surface area contributed by atoms with E-state index in [0.717, 1.165) is 41.2 Å². The number of fused-ring (bicyclic) bond motifs is 2. The molecule has 3 aliphatic heterocycles. The van der Waals surface area contributed by atoms with E-state index < -0.39 is 12.0 Å². The summed E-state index contributed by atoms with van der Waals surface area (Å²) in [6.07, 6.45) is 1.57. The molecular weight excluding hydrogens is 346 g/mol. The molecule has 2 amide bonds. The van der Waals surface area contributed by atoms with E-state index >= 15 is 0 Å². The Morgan fingerprint density at radius 2 is 2.04 bits per heavy atom. The molecule has 1 atom stereocenters. The summed E-state index contributed by atoms with van der Waals surface area (Å²) < 4.78 is 0. The van der Waals surface area contributed by atoms with Gasteiger partial charge in [0, 0.05) is 13.1 Å². The van der Waals surface area contributed by atoms with Crippen molar-refractivity contribution in [2.24, 2.45) is 9.98 Å². The highest BCUT2D eigenvalue weighted by Crippen LogP contribution is 2.36. The average Bonchev–Trinajstić information content (AvgIpc) is 3.09. The Morgan fingerprint density at radius 1 is 1.26 bits per heavy atom. The van der Waals surface area contributed by atoms with Crippen LogP contribution >= 0.6 is 0 Å². The molecule has 1 unspecified atom stereocenters. The molecule has 3 heterocycles. The number of amidine groups is 1. The summed E-state index contributed by atoms with van der Waals surface area (Å²) in [5, 5.41) is 12.1. The number of carboxylic acids is 1. The average molecular weight is 369 g/mol. The van der Waals surface area contributed by atoms with Gasteiger partial charge >= 0.3 is 12.0 Å². The lowest BCUT2D eigenvalue weighted by Gasteiger charge is -2.35. The van der Waals surface area contributed by atoms with Crippen LogP contribution in [0.5, 0.6) is 0 Å². The highest BCUT2D eigenvalue weighted by Gasteiger charge is 2.34. The van der Waals surface area contributed by atoms with Crippen molar-refractivity contribution in [3.63, 3.8) is 0 Å². The lowest BCUT2D eigenvalue weighted by atomic mass is 10.0. The van der Waals surface area contributed by atoms with Gasteiger partial charge in [-0.15, -0.1) is 0 Å². The SMILES string of the molecule is Cc1cc2c(cc1C)N(CCN1CCCC1C(=O)O)C1=NC(=O)NCC1=N2. The molecule has 2 N–H and O–H groups in total. The molecule has 8 heteroatoms. The largest absolute Gasteiger partial charge is 0.480 e. The van der Waals surface area contributed by atoms with Crippen LogP contribution in [0.1, 0.15) is 24.0 Å². The van der Waals surface area contributed by atoms with E-state index in [1.807, 2.05) is 29.7 Å². The number of carbonyl (C=O) groups is 2. The topological polar surface area (TPSA) is 97.6 Å². The number of hydrogen-bond donors (Lipinski definition) is 2. The van der Waals surface area contributed by atoms with Crippen molar-refractivity contribution >= 4 is 34.9 Å². The Balaban J connectivity index is 1.67. The van der Waals surface area contributed by atoms with Gasteiger partial charge in [0.25, 0.3) is 0 Å². The lowest BCUT2D eigenvalue weighted by molar-refractivity contribution is -0.142. The van der Waals surface area contributed by atoms with Crippen molar-refractivity contribution in [3.05, 3.63) is 23.3 Å². The highest BCUT2D eigenvalue weighted by atomic mass is 16.4. The Bertz CT molecular complexity index is 876. The first-order chi connectivity index (χ1) is 12.9. The van der Waals surface area contributed by atoms with Gasteiger partial charge in [-0.25, -0.2) is 9.79 Å². The van der Waals surface area contributed by atoms with E-state index in [1.165, 1.54) is 0 Å². The van der Waals surface area contributed by atoms with Crippen molar-refractivity contribution < 1.29 is 14.7 Å². The van der Waals surface area contributed by atoms with Crippen LogP contribution in [-0.4, -0.2) is 65.8 Å². The first-order valence-corrected chi connectivity index (χ1v) is 9.24. The van der Waals surface area contributed by atoms with Gasteiger partial charge in [-0.2, -0.15) is 4.99 Å². The number of anilines is 1. The third-order valence-electron chi connectivity index (χ3n) is 5.52. The van der Waals surface area contributed by atoms with Crippen molar-refractivity contribution in [1.82, 2.24) is 10.2 Å². The van der Waals surface area contributed by atoms with Gasteiger partial charge in [-0.3, -0.25) is 9.69 Å². The van der Waals surface area contributed by atoms with E-state index in [0.29, 0.717) is 31.9 Å². The van der Waals surface area contributed by atoms with Crippen molar-refractivity contribution in [3.8, 4) is 0 Å². The molecule has 0 aliphatic carbocycles. The molecule has 0 bridgehead atoms. The Labute approximate surface area is 157 Å². The second-order valence-electron chi connectivity index (χ2n) is 7.26. The van der Waals surface area contributed by atoms with Crippen molar-refractivity contribution in [2.75, 3.05) is 31.1 Å². The van der Waals surface area contributed by atoms with Crippen LogP contribution in [0.15, 0.2) is 22.1 Å². The van der Waals surface area contributed by atoms with E-state index in [9.17, 15) is 14.7 Å². The number of nitrogens with zero attached hydrogens (tertiary/aromatic N) is 4. The van der Waals surface area contributed by atoms with Gasteiger partial charge in [-0.1, -0.05) is 0 Å². The van der Waals surface area contributed by atoms with Gasteiger partial charge in [0.1, 0.15) is 11.8 Å². The predicted molar refractivity (Wildman–Crippen MR) is 103 cm³/mol. The van der Waals surface area contributed by atoms with Gasteiger partial charge < -0.3 is 15.3 Å². The summed E-state index contributed by atoms with van der Waals surface area (Å²) in [4.78, 5) is 36.2. The molecule has 1 fully saturated rings. The lowest BCUT2D eigenvalue weighted by Crippen LogP contribution is -2.51. The zero-order valence-electron chi connectivity index (χ0n) is 15.5. The first kappa shape index (κ1) is 17.7. The summed E-state index contributed by atoms with van der Waals surface area (Å²) in [6.45, 7) is 6.37. The van der Waals surface area contributed by atoms with Crippen LogP contribution in [-0.2, 0) is 4.79 Å². The summed E-state index contributed by atoms with van der Waals surface area (Å²) >= 11 is 0. The number of carboxylic acid groups (broad SMARTS) is 1. The van der Waals surface area contributed by atoms with Crippen LogP contribution in [0.2, 0.25) is 0 Å². The molecule has 1 saturated heterocycles. The van der Waals surface area contributed by atoms with Gasteiger partial charge in [0.2, 0.25) is 0 Å². The molecular formula is C19H23N5O3. The minimum Gasteiger partial charge on any atom is -0.480 e. The minimum absolute atomic E-state index is 0.349. The third-order valence-corrected chi connectivity index (χ3v) is 5.52. The van der Waals surface area contributed by atoms with E-state index in [2.05, 4.69) is 16.4 Å². The van der Waals surface area contributed by atoms with Crippen molar-refractivity contribution in [2.45, 2.75) is 32.7 Å². The molecule has 0 radical (unpaired) electrons. The summed E-state index contributed by atoms with van der Waals surface area (Å²) in [6, 6.07) is 3.32. The highest BCUT2D eigenvalue weighted by molar-refractivity contribution is 6.51. The molecule has 0 aromatic heterocycles. The van der Waals surface area contributed by atoms with Gasteiger partial charge in [0.15, 0.2) is 5.84 Å². The minimum atomic E-state index is -0.769. The third kappa shape index (κ3) is 3.21. The number of carbonyl (C=O) groups excluding carboxylic acids is 1. The standard InChI is InChI=1S/C19H23N5O3/c1-11-8-13-16(9-12(11)2)24(17-14(21-13)10-20-19(27)22-17)7-6-23-5-3-4-15(23)18(25)26/h8-9,15H,3-7,10H2,1-2H3,(H,20,27)(H,25,26). The smallest absolute Gasteiger partial charge is 0.343 e. The molecule has 8 nitrogen and oxygen atoms in total. The number of aliphatic carboxylic acids is 1. The number of aryl methyl sites for hydroxylation is 2. The number of urea groups is 1. The quantitative estimate of drug-likeness (QED) is 0.844. The molecule has 1 aromatic carbocycles. The molecule has 0 spiro atoms. The molecule has 27 heavy (non-hydrogen) atoms. The van der Waals surface area contributed by atoms with Crippen LogP contribution in [0.3, 0.4) is 0 Å². The maximum atomic E-state index is 11.8. The normalized spacial score (nSPS) is 21.9. The van der Waals surface area contributed by atoms with Crippen LogP contribution in [0.4, 0.5) is 16.2 Å². The summed E-state index contributed by atoms with van der Waals surface area (Å²) in [5.74, 6) is -0.199. The van der Waals surface area contributed by atoms with Crippen molar-refractivity contribution in [1.29, 1.82) is 0 Å². The van der Waals surface area contributed by atoms with Gasteiger partial charge in [0.05, 0.1) is 17.9 Å². The molecule has 4 rings (SSSR count). The fraction of sp³-hybridized carbons (Fsp3) is 0.474. The maximum absolute atomic E-state index is 11.8. The van der Waals surface area contributed by atoms with E-state index in [1.54, 1.807) is 0 Å². The van der Waals surface area contributed by atoms with Crippen LogP contribution < -0.4 is 10.2 Å². The number of aliphatic imine (C=N–C) groups is 2. The fourth-order valence-electron chi connectivity index (χ4n) is 3.92. The number of likely N-dealkylation sites (tertiary alicyclic amines) is 1. The summed E-state index contributed by atoms with van der Waals surface area (Å²) in [7, 11) is 0. The number of amides is 2. The summed E-state index contributed by atoms with van der Waals surface area (Å²) in [5.41, 5.74) is 4.81. The second-order valence-corrected chi connectivity index (χ2v) is 7.26. The monoisotopic (exact) mass is 369 g/mol. The zero-order chi connectivity index (χ0) is 19.1. The Morgan fingerprint density at radius 3 is 2.81 bits per heavy atom. The Hall–Kier alpha value is -2.74. The van der Waals surface area contributed by atoms with Crippen LogP contribution in [0, 0.1) is 13.8 Å². The molecule has 3 aliphatic rings. The zero-order valence-corrected chi connectivity index (χ0v) is 15.5. The fourth-order valence-corrected chi connectivity index (χ4v) is 3.92. The number of nitrogens with one attached hydrogen (secondary N) is 1. The molecule has 0 saturated carbocycles. The number of hydrogen-bond acceptors (Lipinski definition) is 5. The number of rotatable bonds is 4. The molecule has 1 aromatic rings. The maximum Gasteiger partial charge on any atom is 0.343 e. The molecule has 142 valence electrons. The van der Waals surface area contributed by atoms with E-state index in [4.69, 9.17) is 4.99 Å². The number of benzene rings is 1. The first-order valence-electron chi connectivity index (χ1n) is 9.24. The van der Waals surface area contributed by atoms with E-state index in [-0.39, 0.29) is 6.03 Å². The Kier molecular flexibility index (Phi) is 4.43. The van der Waals surface area contributed by atoms with Gasteiger partial charge in [-0.05, 0) is 56.5 Å². The second kappa shape index (κ2) is 6.77. The predicted octanol–water partition coefficient (Wildman–Crippen LogP) is 1.87.